The molecule has 0 bridgehead atoms. The molecule has 132 valence electrons. The normalized spacial score (nSPS) is 16.2. The Labute approximate surface area is 155 Å². The van der Waals surface area contributed by atoms with Crippen LogP contribution in [0.25, 0.3) is 0 Å². The summed E-state index contributed by atoms with van der Waals surface area (Å²) in [4.78, 5) is 25.2. The van der Waals surface area contributed by atoms with Crippen LogP contribution >= 0.6 is 22.9 Å². The second-order valence-corrected chi connectivity index (χ2v) is 7.75. The van der Waals surface area contributed by atoms with E-state index in [0.29, 0.717) is 27.3 Å². The average Bonchev–Trinajstić information content (AvgIpc) is 2.91. The SMILES string of the molecule is CC1CCc2c(sc(NC(=O)COc3ccc(Cl)cc3)c2C(N)=O)C1. The molecule has 3 N–H and O–H groups in total. The van der Waals surface area contributed by atoms with Crippen LogP contribution in [0.15, 0.2) is 24.3 Å². The van der Waals surface area contributed by atoms with Crippen molar-refractivity contribution in [2.75, 3.05) is 11.9 Å². The first-order valence-electron chi connectivity index (χ1n) is 8.06. The fourth-order valence-corrected chi connectivity index (χ4v) is 4.50. The number of rotatable bonds is 5. The molecule has 1 aliphatic carbocycles. The lowest BCUT2D eigenvalue weighted by atomic mass is 9.88. The van der Waals surface area contributed by atoms with Gasteiger partial charge in [0.15, 0.2) is 6.61 Å². The lowest BCUT2D eigenvalue weighted by Crippen LogP contribution is -2.22. The Hall–Kier alpha value is -2.05. The molecule has 1 heterocycles. The molecule has 7 heteroatoms. The third kappa shape index (κ3) is 4.14. The number of hydrogen-bond acceptors (Lipinski definition) is 4. The molecule has 1 atom stereocenters. The van der Waals surface area contributed by atoms with E-state index >= 15 is 0 Å². The Balaban J connectivity index is 1.70. The quantitative estimate of drug-likeness (QED) is 0.833. The van der Waals surface area contributed by atoms with Crippen LogP contribution < -0.4 is 15.8 Å². The summed E-state index contributed by atoms with van der Waals surface area (Å²) in [7, 11) is 0. The number of hydrogen-bond donors (Lipinski definition) is 2. The van der Waals surface area contributed by atoms with Crippen molar-refractivity contribution in [2.24, 2.45) is 11.7 Å². The molecule has 0 radical (unpaired) electrons. The average molecular weight is 379 g/mol. The molecule has 2 amide bonds. The van der Waals surface area contributed by atoms with E-state index in [-0.39, 0.29) is 12.5 Å². The van der Waals surface area contributed by atoms with Gasteiger partial charge in [-0.05, 0) is 55.0 Å². The minimum atomic E-state index is -0.499. The third-order valence-corrected chi connectivity index (χ3v) is 5.62. The summed E-state index contributed by atoms with van der Waals surface area (Å²) in [5.41, 5.74) is 6.99. The standard InChI is InChI=1S/C18H19ClN2O3S/c1-10-2-7-13-14(8-10)25-18(16(13)17(20)23)21-15(22)9-24-12-5-3-11(19)4-6-12/h3-6,10H,2,7-9H2,1H3,(H2,20,23)(H,21,22). The first-order chi connectivity index (χ1) is 11.9. The van der Waals surface area contributed by atoms with Gasteiger partial charge in [-0.15, -0.1) is 11.3 Å². The first-order valence-corrected chi connectivity index (χ1v) is 9.26. The Morgan fingerprint density at radius 2 is 2.08 bits per heavy atom. The number of carbonyl (C=O) groups excluding carboxylic acids is 2. The van der Waals surface area contributed by atoms with Crippen LogP contribution in [0.4, 0.5) is 5.00 Å². The summed E-state index contributed by atoms with van der Waals surface area (Å²) in [5, 5.41) is 3.90. The lowest BCUT2D eigenvalue weighted by molar-refractivity contribution is -0.118. The molecule has 0 saturated heterocycles. The van der Waals surface area contributed by atoms with Crippen LogP contribution in [0.1, 0.15) is 34.1 Å². The monoisotopic (exact) mass is 378 g/mol. The van der Waals surface area contributed by atoms with Crippen LogP contribution in [0.3, 0.4) is 0 Å². The molecule has 1 aliphatic rings. The molecule has 0 fully saturated rings. The highest BCUT2D eigenvalue weighted by molar-refractivity contribution is 7.17. The zero-order valence-electron chi connectivity index (χ0n) is 13.8. The van der Waals surface area contributed by atoms with Crippen molar-refractivity contribution >= 4 is 39.8 Å². The Kier molecular flexibility index (Phi) is 5.30. The maximum Gasteiger partial charge on any atom is 0.262 e. The van der Waals surface area contributed by atoms with E-state index in [1.54, 1.807) is 24.3 Å². The van der Waals surface area contributed by atoms with Gasteiger partial charge in [-0.2, -0.15) is 0 Å². The second-order valence-electron chi connectivity index (χ2n) is 6.21. The largest absolute Gasteiger partial charge is 0.484 e. The van der Waals surface area contributed by atoms with Crippen LogP contribution in [0.2, 0.25) is 5.02 Å². The predicted octanol–water partition coefficient (Wildman–Crippen LogP) is 3.64. The summed E-state index contributed by atoms with van der Waals surface area (Å²) >= 11 is 7.25. The predicted molar refractivity (Wildman–Crippen MR) is 99.6 cm³/mol. The van der Waals surface area contributed by atoms with Gasteiger partial charge in [-0.25, -0.2) is 0 Å². The Bertz CT molecular complexity index is 801. The van der Waals surface area contributed by atoms with Gasteiger partial charge < -0.3 is 15.8 Å². The van der Waals surface area contributed by atoms with E-state index in [2.05, 4.69) is 12.2 Å². The van der Waals surface area contributed by atoms with Gasteiger partial charge in [0.25, 0.3) is 11.8 Å². The molecular formula is C18H19ClN2O3S. The van der Waals surface area contributed by atoms with Gasteiger partial charge in [0, 0.05) is 9.90 Å². The van der Waals surface area contributed by atoms with Gasteiger partial charge in [-0.3, -0.25) is 9.59 Å². The van der Waals surface area contributed by atoms with Crippen molar-refractivity contribution in [2.45, 2.75) is 26.2 Å². The minimum Gasteiger partial charge on any atom is -0.484 e. The highest BCUT2D eigenvalue weighted by atomic mass is 35.5. The van der Waals surface area contributed by atoms with Crippen molar-refractivity contribution in [1.29, 1.82) is 0 Å². The van der Waals surface area contributed by atoms with E-state index in [1.165, 1.54) is 11.3 Å². The summed E-state index contributed by atoms with van der Waals surface area (Å²) in [6, 6.07) is 6.76. The van der Waals surface area contributed by atoms with Crippen LogP contribution in [-0.4, -0.2) is 18.4 Å². The van der Waals surface area contributed by atoms with Gasteiger partial charge in [-0.1, -0.05) is 18.5 Å². The molecule has 1 aromatic carbocycles. The Morgan fingerprint density at radius 3 is 2.76 bits per heavy atom. The molecule has 0 spiro atoms. The van der Waals surface area contributed by atoms with E-state index in [9.17, 15) is 9.59 Å². The maximum absolute atomic E-state index is 12.2. The van der Waals surface area contributed by atoms with E-state index in [4.69, 9.17) is 22.1 Å². The number of ether oxygens (including phenoxy) is 1. The number of carbonyl (C=O) groups is 2. The van der Waals surface area contributed by atoms with Crippen molar-refractivity contribution in [3.05, 3.63) is 45.3 Å². The Morgan fingerprint density at radius 1 is 1.36 bits per heavy atom. The molecule has 0 aliphatic heterocycles. The van der Waals surface area contributed by atoms with E-state index in [0.717, 1.165) is 29.7 Å². The first kappa shape index (κ1) is 17.8. The van der Waals surface area contributed by atoms with Crippen molar-refractivity contribution in [1.82, 2.24) is 0 Å². The molecule has 5 nitrogen and oxygen atoms in total. The fourth-order valence-electron chi connectivity index (χ4n) is 2.94. The fraction of sp³-hybridized carbons (Fsp3) is 0.333. The number of halogens is 1. The highest BCUT2D eigenvalue weighted by Gasteiger charge is 2.27. The van der Waals surface area contributed by atoms with E-state index < -0.39 is 5.91 Å². The summed E-state index contributed by atoms with van der Waals surface area (Å²) < 4.78 is 5.43. The van der Waals surface area contributed by atoms with Gasteiger partial charge in [0.05, 0.1) is 5.56 Å². The molecule has 2 aromatic rings. The summed E-state index contributed by atoms with van der Waals surface area (Å²) in [6.45, 7) is 2.03. The summed E-state index contributed by atoms with van der Waals surface area (Å²) in [6.07, 6.45) is 2.76. The maximum atomic E-state index is 12.2. The molecule has 1 unspecified atom stereocenters. The molecular weight excluding hydrogens is 360 g/mol. The molecule has 1 aromatic heterocycles. The zero-order chi connectivity index (χ0) is 18.0. The lowest BCUT2D eigenvalue weighted by Gasteiger charge is -2.18. The summed E-state index contributed by atoms with van der Waals surface area (Å²) in [5.74, 6) is 0.294. The number of primary amides is 1. The third-order valence-electron chi connectivity index (χ3n) is 4.19. The van der Waals surface area contributed by atoms with E-state index in [1.807, 2.05) is 0 Å². The van der Waals surface area contributed by atoms with Crippen molar-refractivity contribution in [3.63, 3.8) is 0 Å². The number of nitrogens with two attached hydrogens (primary N) is 1. The van der Waals surface area contributed by atoms with Crippen molar-refractivity contribution < 1.29 is 14.3 Å². The number of amides is 2. The topological polar surface area (TPSA) is 81.4 Å². The number of anilines is 1. The molecule has 3 rings (SSSR count). The molecule has 0 saturated carbocycles. The number of benzene rings is 1. The number of fused-ring (bicyclic) bond motifs is 1. The van der Waals surface area contributed by atoms with Crippen LogP contribution in [0, 0.1) is 5.92 Å². The second kappa shape index (κ2) is 7.45. The minimum absolute atomic E-state index is 0.154. The van der Waals surface area contributed by atoms with Gasteiger partial charge in [0.2, 0.25) is 0 Å². The highest BCUT2D eigenvalue weighted by Crippen LogP contribution is 2.39. The smallest absolute Gasteiger partial charge is 0.262 e. The van der Waals surface area contributed by atoms with Crippen molar-refractivity contribution in [3.8, 4) is 5.75 Å². The van der Waals surface area contributed by atoms with Gasteiger partial charge >= 0.3 is 0 Å². The van der Waals surface area contributed by atoms with Crippen LogP contribution in [0.5, 0.6) is 5.75 Å². The van der Waals surface area contributed by atoms with Gasteiger partial charge in [0.1, 0.15) is 10.8 Å². The number of nitrogens with one attached hydrogen (secondary N) is 1. The van der Waals surface area contributed by atoms with Crippen LogP contribution in [-0.2, 0) is 17.6 Å². The molecule has 25 heavy (non-hydrogen) atoms. The number of thiophene rings is 1. The zero-order valence-corrected chi connectivity index (χ0v) is 15.4.